The van der Waals surface area contributed by atoms with Gasteiger partial charge in [-0.3, -0.25) is 0 Å². The zero-order valence-electron chi connectivity index (χ0n) is 12.5. The van der Waals surface area contributed by atoms with E-state index >= 15 is 0 Å². The molecule has 0 N–H and O–H groups in total. The Morgan fingerprint density at radius 3 is 2.45 bits per heavy atom. The SMILES string of the molecule is COc1ccc(CC(Cl)CC2CCCCC2)cc1OC. The van der Waals surface area contributed by atoms with E-state index in [0.29, 0.717) is 0 Å². The number of methoxy groups -OCH3 is 2. The summed E-state index contributed by atoms with van der Waals surface area (Å²) in [5.74, 6) is 2.38. The molecule has 1 aromatic rings. The maximum atomic E-state index is 6.55. The van der Waals surface area contributed by atoms with Crippen molar-refractivity contribution in [2.75, 3.05) is 14.2 Å². The Kier molecular flexibility index (Phi) is 6.03. The zero-order valence-corrected chi connectivity index (χ0v) is 13.3. The second-order valence-electron chi connectivity index (χ2n) is 5.73. The Labute approximate surface area is 127 Å². The number of benzene rings is 1. The molecule has 0 bridgehead atoms. The molecule has 1 fully saturated rings. The number of halogens is 1. The molecule has 0 aliphatic heterocycles. The summed E-state index contributed by atoms with van der Waals surface area (Å²) in [6, 6.07) is 6.07. The van der Waals surface area contributed by atoms with Gasteiger partial charge in [-0.15, -0.1) is 11.6 Å². The standard InChI is InChI=1S/C17H25ClO2/c1-19-16-9-8-14(12-17(16)20-2)11-15(18)10-13-6-4-3-5-7-13/h8-9,12-13,15H,3-7,10-11H2,1-2H3. The molecule has 0 saturated heterocycles. The molecule has 1 aromatic carbocycles. The molecule has 1 aliphatic carbocycles. The molecule has 3 heteroatoms. The third-order valence-corrected chi connectivity index (χ3v) is 4.55. The first-order valence-corrected chi connectivity index (χ1v) is 8.01. The summed E-state index contributed by atoms with van der Waals surface area (Å²) in [5, 5.41) is 0.219. The van der Waals surface area contributed by atoms with Crippen molar-refractivity contribution in [3.05, 3.63) is 23.8 Å². The molecule has 0 spiro atoms. The summed E-state index contributed by atoms with van der Waals surface area (Å²) in [6.45, 7) is 0. The van der Waals surface area contributed by atoms with Crippen LogP contribution in [0.15, 0.2) is 18.2 Å². The second kappa shape index (κ2) is 7.78. The van der Waals surface area contributed by atoms with Crippen LogP contribution in [-0.2, 0) is 6.42 Å². The van der Waals surface area contributed by atoms with Crippen molar-refractivity contribution in [2.24, 2.45) is 5.92 Å². The maximum absolute atomic E-state index is 6.55. The van der Waals surface area contributed by atoms with Crippen LogP contribution >= 0.6 is 11.6 Å². The van der Waals surface area contributed by atoms with E-state index in [9.17, 15) is 0 Å². The van der Waals surface area contributed by atoms with Gasteiger partial charge >= 0.3 is 0 Å². The lowest BCUT2D eigenvalue weighted by atomic mass is 9.85. The molecule has 1 atom stereocenters. The van der Waals surface area contributed by atoms with Gasteiger partial charge in [-0.1, -0.05) is 38.2 Å². The lowest BCUT2D eigenvalue weighted by Gasteiger charge is -2.23. The molecule has 0 radical (unpaired) electrons. The van der Waals surface area contributed by atoms with Crippen LogP contribution in [0.3, 0.4) is 0 Å². The lowest BCUT2D eigenvalue weighted by Crippen LogP contribution is -2.14. The van der Waals surface area contributed by atoms with E-state index in [1.54, 1.807) is 14.2 Å². The normalized spacial score (nSPS) is 17.8. The van der Waals surface area contributed by atoms with E-state index < -0.39 is 0 Å². The third-order valence-electron chi connectivity index (χ3n) is 4.22. The number of ether oxygens (including phenoxy) is 2. The summed E-state index contributed by atoms with van der Waals surface area (Å²) in [6.07, 6.45) is 8.91. The van der Waals surface area contributed by atoms with Crippen LogP contribution in [-0.4, -0.2) is 19.6 Å². The van der Waals surface area contributed by atoms with Crippen LogP contribution in [0.1, 0.15) is 44.1 Å². The summed E-state index contributed by atoms with van der Waals surface area (Å²) in [7, 11) is 3.33. The fourth-order valence-corrected chi connectivity index (χ4v) is 3.56. The van der Waals surface area contributed by atoms with Crippen molar-refractivity contribution in [3.8, 4) is 11.5 Å². The topological polar surface area (TPSA) is 18.5 Å². The average Bonchev–Trinajstić information content (AvgIpc) is 2.48. The van der Waals surface area contributed by atoms with Crippen LogP contribution in [0.5, 0.6) is 11.5 Å². The molecule has 2 rings (SSSR count). The van der Waals surface area contributed by atoms with Gasteiger partial charge in [-0.25, -0.2) is 0 Å². The number of alkyl halides is 1. The van der Waals surface area contributed by atoms with E-state index in [1.807, 2.05) is 12.1 Å². The van der Waals surface area contributed by atoms with Gasteiger partial charge in [0.2, 0.25) is 0 Å². The minimum atomic E-state index is 0.219. The highest BCUT2D eigenvalue weighted by molar-refractivity contribution is 6.20. The third kappa shape index (κ3) is 4.31. The van der Waals surface area contributed by atoms with Crippen LogP contribution in [0.2, 0.25) is 0 Å². The summed E-state index contributed by atoms with van der Waals surface area (Å²) < 4.78 is 10.6. The van der Waals surface area contributed by atoms with Gasteiger partial charge in [0.1, 0.15) is 0 Å². The van der Waals surface area contributed by atoms with Crippen molar-refractivity contribution in [2.45, 2.75) is 50.3 Å². The summed E-state index contributed by atoms with van der Waals surface area (Å²) in [5.41, 5.74) is 1.22. The second-order valence-corrected chi connectivity index (χ2v) is 6.35. The van der Waals surface area contributed by atoms with Crippen molar-refractivity contribution >= 4 is 11.6 Å². The van der Waals surface area contributed by atoms with E-state index in [0.717, 1.165) is 30.3 Å². The largest absolute Gasteiger partial charge is 0.493 e. The molecule has 0 aromatic heterocycles. The quantitative estimate of drug-likeness (QED) is 0.700. The molecule has 112 valence electrons. The predicted octanol–water partition coefficient (Wildman–Crippen LogP) is 4.82. The first kappa shape index (κ1) is 15.5. The van der Waals surface area contributed by atoms with Crippen molar-refractivity contribution in [3.63, 3.8) is 0 Å². The van der Waals surface area contributed by atoms with Crippen molar-refractivity contribution < 1.29 is 9.47 Å². The predicted molar refractivity (Wildman–Crippen MR) is 84.1 cm³/mol. The average molecular weight is 297 g/mol. The Bertz CT molecular complexity index is 413. The van der Waals surface area contributed by atoms with Crippen molar-refractivity contribution in [1.29, 1.82) is 0 Å². The van der Waals surface area contributed by atoms with E-state index in [1.165, 1.54) is 37.7 Å². The minimum absolute atomic E-state index is 0.219. The highest BCUT2D eigenvalue weighted by Gasteiger charge is 2.18. The van der Waals surface area contributed by atoms with Gasteiger partial charge in [0, 0.05) is 5.38 Å². The molecular weight excluding hydrogens is 272 g/mol. The van der Waals surface area contributed by atoms with Crippen LogP contribution in [0, 0.1) is 5.92 Å². The Balaban J connectivity index is 1.91. The summed E-state index contributed by atoms with van der Waals surface area (Å²) >= 11 is 6.55. The molecule has 0 heterocycles. The van der Waals surface area contributed by atoms with Crippen LogP contribution < -0.4 is 9.47 Å². The minimum Gasteiger partial charge on any atom is -0.493 e. The molecule has 1 aliphatic rings. The highest BCUT2D eigenvalue weighted by atomic mass is 35.5. The Morgan fingerprint density at radius 1 is 1.10 bits per heavy atom. The van der Waals surface area contributed by atoms with Gasteiger partial charge in [-0.2, -0.15) is 0 Å². The molecule has 1 unspecified atom stereocenters. The smallest absolute Gasteiger partial charge is 0.160 e. The number of hydrogen-bond donors (Lipinski definition) is 0. The Morgan fingerprint density at radius 2 is 1.80 bits per heavy atom. The fraction of sp³-hybridized carbons (Fsp3) is 0.647. The summed E-state index contributed by atoms with van der Waals surface area (Å²) in [4.78, 5) is 0. The van der Waals surface area contributed by atoms with Crippen LogP contribution in [0.25, 0.3) is 0 Å². The molecule has 1 saturated carbocycles. The van der Waals surface area contributed by atoms with Gasteiger partial charge in [0.25, 0.3) is 0 Å². The van der Waals surface area contributed by atoms with Gasteiger partial charge in [0.15, 0.2) is 11.5 Å². The van der Waals surface area contributed by atoms with Gasteiger partial charge < -0.3 is 9.47 Å². The number of hydrogen-bond acceptors (Lipinski definition) is 2. The van der Waals surface area contributed by atoms with Gasteiger partial charge in [0.05, 0.1) is 14.2 Å². The Hall–Kier alpha value is -0.890. The first-order valence-electron chi connectivity index (χ1n) is 7.58. The fourth-order valence-electron chi connectivity index (χ4n) is 3.13. The molecule has 0 amide bonds. The monoisotopic (exact) mass is 296 g/mol. The van der Waals surface area contributed by atoms with E-state index in [-0.39, 0.29) is 5.38 Å². The highest BCUT2D eigenvalue weighted by Crippen LogP contribution is 2.32. The van der Waals surface area contributed by atoms with E-state index in [2.05, 4.69) is 6.07 Å². The van der Waals surface area contributed by atoms with Gasteiger partial charge in [-0.05, 0) is 36.5 Å². The van der Waals surface area contributed by atoms with Crippen molar-refractivity contribution in [1.82, 2.24) is 0 Å². The number of rotatable bonds is 6. The maximum Gasteiger partial charge on any atom is 0.160 e. The van der Waals surface area contributed by atoms with E-state index in [4.69, 9.17) is 21.1 Å². The zero-order chi connectivity index (χ0) is 14.4. The molecule has 20 heavy (non-hydrogen) atoms. The molecule has 2 nitrogen and oxygen atoms in total. The lowest BCUT2D eigenvalue weighted by molar-refractivity contribution is 0.334. The van der Waals surface area contributed by atoms with Crippen LogP contribution in [0.4, 0.5) is 0 Å². The first-order chi connectivity index (χ1) is 9.72. The molecular formula is C17H25ClO2.